The molecular weight excluding hydrogens is 478 g/mol. The fourth-order valence-corrected chi connectivity index (χ4v) is 5.79. The van der Waals surface area contributed by atoms with Crippen LogP contribution in [0.3, 0.4) is 0 Å². The van der Waals surface area contributed by atoms with E-state index in [4.69, 9.17) is 13.8 Å². The van der Waals surface area contributed by atoms with E-state index in [1.165, 1.54) is 11.1 Å². The first-order valence-electron chi connectivity index (χ1n) is 13.1. The second-order valence-corrected chi connectivity index (χ2v) is 10.0. The Labute approximate surface area is 225 Å². The number of para-hydroxylation sites is 2. The van der Waals surface area contributed by atoms with Gasteiger partial charge in [0.1, 0.15) is 22.3 Å². The molecule has 0 aliphatic heterocycles. The fraction of sp³-hybridized carbons (Fsp3) is 0.0278. The molecule has 8 rings (SSSR count). The van der Waals surface area contributed by atoms with Gasteiger partial charge in [0.25, 0.3) is 0 Å². The van der Waals surface area contributed by atoms with E-state index in [0.29, 0.717) is 0 Å². The topological polar surface area (TPSA) is 39.2 Å². The molecule has 0 aliphatic carbocycles. The van der Waals surface area contributed by atoms with Crippen molar-refractivity contribution in [1.82, 2.24) is 4.98 Å². The number of aromatic nitrogens is 1. The van der Waals surface area contributed by atoms with E-state index in [2.05, 4.69) is 91.9 Å². The average Bonchev–Trinajstić information content (AvgIpc) is 3.56. The van der Waals surface area contributed by atoms with Crippen LogP contribution in [-0.4, -0.2) is 4.98 Å². The highest BCUT2D eigenvalue weighted by Crippen LogP contribution is 2.43. The Bertz CT molecular complexity index is 2180. The van der Waals surface area contributed by atoms with Crippen LogP contribution in [0.15, 0.2) is 130 Å². The summed E-state index contributed by atoms with van der Waals surface area (Å²) in [6.07, 6.45) is 1.97. The molecule has 0 atom stereocenters. The summed E-state index contributed by atoms with van der Waals surface area (Å²) in [5.41, 5.74) is 11.1. The first-order valence-corrected chi connectivity index (χ1v) is 13.1. The smallest absolute Gasteiger partial charge is 0.145 e. The van der Waals surface area contributed by atoms with Crippen LogP contribution in [0.2, 0.25) is 0 Å². The predicted molar refractivity (Wildman–Crippen MR) is 160 cm³/mol. The quantitative estimate of drug-likeness (QED) is 0.242. The van der Waals surface area contributed by atoms with Crippen LogP contribution in [0, 0.1) is 6.92 Å². The van der Waals surface area contributed by atoms with Crippen LogP contribution in [-0.2, 0) is 0 Å². The summed E-state index contributed by atoms with van der Waals surface area (Å²) >= 11 is 0. The van der Waals surface area contributed by atoms with Crippen LogP contribution < -0.4 is 0 Å². The highest BCUT2D eigenvalue weighted by molar-refractivity contribution is 6.17. The maximum atomic E-state index is 6.54. The van der Waals surface area contributed by atoms with Crippen LogP contribution in [0.1, 0.15) is 5.56 Å². The molecule has 0 bridgehead atoms. The lowest BCUT2D eigenvalue weighted by Crippen LogP contribution is -1.91. The Morgan fingerprint density at radius 3 is 2.03 bits per heavy atom. The SMILES string of the molecule is Cc1cc(-c2ccc(-c3ccc4oc5ccccc5c4c3)c3c2oc2ccccc23)ncc1-c1ccccc1. The van der Waals surface area contributed by atoms with Gasteiger partial charge in [-0.1, -0.05) is 78.9 Å². The third-order valence-corrected chi connectivity index (χ3v) is 7.69. The Morgan fingerprint density at radius 1 is 0.513 bits per heavy atom. The molecule has 0 radical (unpaired) electrons. The second-order valence-electron chi connectivity index (χ2n) is 10.0. The first kappa shape index (κ1) is 21.9. The lowest BCUT2D eigenvalue weighted by Gasteiger charge is -2.11. The van der Waals surface area contributed by atoms with Crippen molar-refractivity contribution < 1.29 is 8.83 Å². The molecule has 0 N–H and O–H groups in total. The van der Waals surface area contributed by atoms with E-state index < -0.39 is 0 Å². The van der Waals surface area contributed by atoms with Crippen LogP contribution in [0.4, 0.5) is 0 Å². The molecule has 0 aliphatic rings. The molecule has 3 heterocycles. The first-order chi connectivity index (χ1) is 19.2. The van der Waals surface area contributed by atoms with Crippen molar-refractivity contribution in [3.8, 4) is 33.5 Å². The predicted octanol–water partition coefficient (Wildman–Crippen LogP) is 10.2. The highest BCUT2D eigenvalue weighted by atomic mass is 16.3. The number of nitrogens with zero attached hydrogens (tertiary/aromatic N) is 1. The highest BCUT2D eigenvalue weighted by Gasteiger charge is 2.19. The van der Waals surface area contributed by atoms with Gasteiger partial charge in [-0.05, 0) is 65.6 Å². The van der Waals surface area contributed by atoms with Crippen molar-refractivity contribution in [2.75, 3.05) is 0 Å². The Hall–Kier alpha value is -5.15. The molecule has 0 unspecified atom stereocenters. The summed E-state index contributed by atoms with van der Waals surface area (Å²) in [4.78, 5) is 4.90. The van der Waals surface area contributed by atoms with Gasteiger partial charge in [-0.2, -0.15) is 0 Å². The third kappa shape index (κ3) is 3.40. The summed E-state index contributed by atoms with van der Waals surface area (Å²) in [6, 6.07) is 39.8. The molecule has 0 amide bonds. The Balaban J connectivity index is 1.35. The molecule has 3 nitrogen and oxygen atoms in total. The molecule has 3 aromatic heterocycles. The molecule has 0 spiro atoms. The van der Waals surface area contributed by atoms with Gasteiger partial charge in [0, 0.05) is 38.9 Å². The van der Waals surface area contributed by atoms with Crippen LogP contribution in [0.25, 0.3) is 77.4 Å². The number of pyridine rings is 1. The van der Waals surface area contributed by atoms with Crippen molar-refractivity contribution in [3.63, 3.8) is 0 Å². The van der Waals surface area contributed by atoms with Gasteiger partial charge in [0.15, 0.2) is 0 Å². The van der Waals surface area contributed by atoms with Gasteiger partial charge in [-0.25, -0.2) is 0 Å². The number of furan rings is 2. The Kier molecular flexibility index (Phi) is 4.74. The zero-order valence-corrected chi connectivity index (χ0v) is 21.3. The summed E-state index contributed by atoms with van der Waals surface area (Å²) in [5.74, 6) is 0. The molecular formula is C36H23NO2. The second kappa shape index (κ2) is 8.44. The monoisotopic (exact) mass is 501 g/mol. The minimum atomic E-state index is 0.852. The molecule has 0 fully saturated rings. The Morgan fingerprint density at radius 2 is 1.21 bits per heavy atom. The van der Waals surface area contributed by atoms with E-state index in [1.54, 1.807) is 0 Å². The van der Waals surface area contributed by atoms with Crippen molar-refractivity contribution in [1.29, 1.82) is 0 Å². The molecule has 8 aromatic rings. The van der Waals surface area contributed by atoms with E-state index in [0.717, 1.165) is 71.8 Å². The largest absolute Gasteiger partial charge is 0.456 e. The molecule has 0 saturated carbocycles. The van der Waals surface area contributed by atoms with Crippen molar-refractivity contribution in [3.05, 3.63) is 127 Å². The third-order valence-electron chi connectivity index (χ3n) is 7.69. The van der Waals surface area contributed by atoms with Gasteiger partial charge >= 0.3 is 0 Å². The number of hydrogen-bond donors (Lipinski definition) is 0. The van der Waals surface area contributed by atoms with Crippen LogP contribution >= 0.6 is 0 Å². The fourth-order valence-electron chi connectivity index (χ4n) is 5.79. The molecule has 5 aromatic carbocycles. The minimum Gasteiger partial charge on any atom is -0.456 e. The number of benzene rings is 5. The van der Waals surface area contributed by atoms with E-state index >= 15 is 0 Å². The van der Waals surface area contributed by atoms with Crippen molar-refractivity contribution in [2.45, 2.75) is 6.92 Å². The lowest BCUT2D eigenvalue weighted by atomic mass is 9.94. The summed E-state index contributed by atoms with van der Waals surface area (Å²) in [5, 5.41) is 4.43. The number of aryl methyl sites for hydroxylation is 1. The molecule has 184 valence electrons. The average molecular weight is 502 g/mol. The molecule has 3 heteroatoms. The van der Waals surface area contributed by atoms with E-state index in [1.807, 2.05) is 36.5 Å². The van der Waals surface area contributed by atoms with Gasteiger partial charge in [0.2, 0.25) is 0 Å². The maximum Gasteiger partial charge on any atom is 0.145 e. The van der Waals surface area contributed by atoms with Crippen molar-refractivity contribution >= 4 is 43.9 Å². The molecule has 39 heavy (non-hydrogen) atoms. The van der Waals surface area contributed by atoms with Gasteiger partial charge in [-0.3, -0.25) is 4.98 Å². The van der Waals surface area contributed by atoms with Gasteiger partial charge < -0.3 is 8.83 Å². The summed E-state index contributed by atoms with van der Waals surface area (Å²) < 4.78 is 12.6. The van der Waals surface area contributed by atoms with Gasteiger partial charge in [-0.15, -0.1) is 0 Å². The zero-order valence-electron chi connectivity index (χ0n) is 21.3. The standard InChI is InChI=1S/C36H23NO2/c1-22-19-31(37-21-30(22)23-9-3-2-4-10-23)27-17-16-25(35-28-12-6-8-14-33(28)39-36(27)35)24-15-18-34-29(20-24)26-11-5-7-13-32(26)38-34/h2-21H,1H3. The van der Waals surface area contributed by atoms with E-state index in [9.17, 15) is 0 Å². The zero-order chi connectivity index (χ0) is 25.9. The lowest BCUT2D eigenvalue weighted by molar-refractivity contribution is 0.669. The number of fused-ring (bicyclic) bond motifs is 6. The number of rotatable bonds is 3. The van der Waals surface area contributed by atoms with Gasteiger partial charge in [0.05, 0.1) is 5.69 Å². The van der Waals surface area contributed by atoms with E-state index in [-0.39, 0.29) is 0 Å². The minimum absolute atomic E-state index is 0.852. The van der Waals surface area contributed by atoms with Crippen molar-refractivity contribution in [2.24, 2.45) is 0 Å². The maximum absolute atomic E-state index is 6.54. The summed E-state index contributed by atoms with van der Waals surface area (Å²) in [6.45, 7) is 2.14. The van der Waals surface area contributed by atoms with Crippen LogP contribution in [0.5, 0.6) is 0 Å². The number of hydrogen-bond acceptors (Lipinski definition) is 3. The molecule has 0 saturated heterocycles. The summed E-state index contributed by atoms with van der Waals surface area (Å²) in [7, 11) is 0. The normalized spacial score (nSPS) is 11.7.